The summed E-state index contributed by atoms with van der Waals surface area (Å²) in [7, 11) is 0. The van der Waals surface area contributed by atoms with E-state index in [1.54, 1.807) is 24.3 Å². The molecule has 8 nitrogen and oxygen atoms in total. The third kappa shape index (κ3) is 3.94. The van der Waals surface area contributed by atoms with Gasteiger partial charge in [-0.3, -0.25) is 4.79 Å². The second-order valence-corrected chi connectivity index (χ2v) is 7.39. The van der Waals surface area contributed by atoms with E-state index in [0.717, 1.165) is 31.4 Å². The van der Waals surface area contributed by atoms with Crippen LogP contribution < -0.4 is 10.6 Å². The van der Waals surface area contributed by atoms with Gasteiger partial charge in [-0.25, -0.2) is 4.79 Å². The summed E-state index contributed by atoms with van der Waals surface area (Å²) in [6.07, 6.45) is 5.44. The fourth-order valence-corrected chi connectivity index (χ4v) is 3.42. The van der Waals surface area contributed by atoms with Crippen LogP contribution in [0.25, 0.3) is 11.3 Å². The minimum atomic E-state index is -0.406. The number of aromatic hydroxyl groups is 1. The largest absolute Gasteiger partial charge is 0.507 e. The maximum absolute atomic E-state index is 12.6. The number of phenolic OH excluding ortho intramolecular Hbond substituents is 1. The topological polar surface area (TPSA) is 109 Å². The van der Waals surface area contributed by atoms with Crippen LogP contribution in [0.15, 0.2) is 47.1 Å². The number of anilines is 1. The molecule has 156 valence electrons. The molecule has 2 heterocycles. The standard InChI is InChI=1S/C22H24N4O4/c1-2-10-23-22(29)26-18(14-5-3-6-14)13-17(25-26)16-9-8-15(12-19(16)27)24-21(28)20-7-4-11-30-20/h4,7-9,11-14,27H,2-3,5-6,10H2,1H3,(H,23,29)(H,24,28). The van der Waals surface area contributed by atoms with Gasteiger partial charge in [0.15, 0.2) is 5.76 Å². The van der Waals surface area contributed by atoms with Crippen LogP contribution in [-0.4, -0.2) is 33.4 Å². The zero-order valence-corrected chi connectivity index (χ0v) is 16.7. The number of nitrogens with one attached hydrogen (secondary N) is 2. The van der Waals surface area contributed by atoms with Gasteiger partial charge in [0, 0.05) is 29.8 Å². The van der Waals surface area contributed by atoms with Crippen LogP contribution in [-0.2, 0) is 0 Å². The first-order valence-electron chi connectivity index (χ1n) is 10.1. The molecule has 0 radical (unpaired) electrons. The molecular formula is C22H24N4O4. The van der Waals surface area contributed by atoms with Gasteiger partial charge in [-0.05, 0) is 49.6 Å². The summed E-state index contributed by atoms with van der Waals surface area (Å²) < 4.78 is 6.49. The third-order valence-corrected chi connectivity index (χ3v) is 5.26. The van der Waals surface area contributed by atoms with Gasteiger partial charge < -0.3 is 20.2 Å². The van der Waals surface area contributed by atoms with Crippen molar-refractivity contribution in [1.82, 2.24) is 15.1 Å². The molecule has 30 heavy (non-hydrogen) atoms. The molecule has 2 amide bonds. The molecule has 1 aliphatic carbocycles. The van der Waals surface area contributed by atoms with E-state index in [4.69, 9.17) is 4.42 Å². The van der Waals surface area contributed by atoms with Crippen LogP contribution in [0.1, 0.15) is 54.8 Å². The summed E-state index contributed by atoms with van der Waals surface area (Å²) in [5.74, 6) is 0.0375. The molecule has 3 N–H and O–H groups in total. The van der Waals surface area contributed by atoms with Gasteiger partial charge in [0.2, 0.25) is 0 Å². The molecule has 1 aliphatic rings. The maximum atomic E-state index is 12.6. The van der Waals surface area contributed by atoms with Gasteiger partial charge in [-0.1, -0.05) is 13.3 Å². The zero-order valence-electron chi connectivity index (χ0n) is 16.7. The molecule has 1 saturated carbocycles. The summed E-state index contributed by atoms with van der Waals surface area (Å²) in [6, 6.07) is 9.60. The third-order valence-electron chi connectivity index (χ3n) is 5.26. The Morgan fingerprint density at radius 2 is 2.10 bits per heavy atom. The average molecular weight is 408 g/mol. The van der Waals surface area contributed by atoms with Crippen molar-refractivity contribution in [3.8, 4) is 17.0 Å². The van der Waals surface area contributed by atoms with Crippen LogP contribution in [0.2, 0.25) is 0 Å². The number of rotatable bonds is 6. The predicted octanol–water partition coefficient (Wildman–Crippen LogP) is 4.34. The number of hydrogen-bond acceptors (Lipinski definition) is 5. The Kier molecular flexibility index (Phi) is 5.56. The number of benzene rings is 1. The monoisotopic (exact) mass is 408 g/mol. The van der Waals surface area contributed by atoms with Crippen LogP contribution in [0.4, 0.5) is 10.5 Å². The number of aromatic nitrogens is 2. The molecule has 1 fully saturated rings. The van der Waals surface area contributed by atoms with Crippen molar-refractivity contribution < 1.29 is 19.1 Å². The molecular weight excluding hydrogens is 384 g/mol. The fraction of sp³-hybridized carbons (Fsp3) is 0.318. The van der Waals surface area contributed by atoms with Crippen molar-refractivity contribution in [2.45, 2.75) is 38.5 Å². The molecule has 0 unspecified atom stereocenters. The second kappa shape index (κ2) is 8.44. The number of nitrogens with zero attached hydrogens (tertiary/aromatic N) is 2. The van der Waals surface area contributed by atoms with Crippen molar-refractivity contribution in [2.75, 3.05) is 11.9 Å². The Hall–Kier alpha value is -3.55. The van der Waals surface area contributed by atoms with Gasteiger partial charge in [0.05, 0.1) is 17.7 Å². The Balaban J connectivity index is 1.59. The first-order chi connectivity index (χ1) is 14.6. The van der Waals surface area contributed by atoms with E-state index in [-0.39, 0.29) is 17.5 Å². The van der Waals surface area contributed by atoms with Crippen molar-refractivity contribution >= 4 is 17.6 Å². The predicted molar refractivity (Wildman–Crippen MR) is 112 cm³/mol. The molecule has 0 atom stereocenters. The van der Waals surface area contributed by atoms with Crippen molar-refractivity contribution in [3.05, 3.63) is 54.1 Å². The molecule has 0 aliphatic heterocycles. The van der Waals surface area contributed by atoms with E-state index in [1.807, 2.05) is 13.0 Å². The quantitative estimate of drug-likeness (QED) is 0.562. The first-order valence-corrected chi connectivity index (χ1v) is 10.1. The summed E-state index contributed by atoms with van der Waals surface area (Å²) in [5.41, 5.74) is 2.30. The Labute approximate surface area is 173 Å². The fourth-order valence-electron chi connectivity index (χ4n) is 3.42. The Morgan fingerprint density at radius 3 is 2.73 bits per heavy atom. The van der Waals surface area contributed by atoms with E-state index in [2.05, 4.69) is 15.7 Å². The van der Waals surface area contributed by atoms with Crippen LogP contribution >= 0.6 is 0 Å². The number of phenols is 1. The van der Waals surface area contributed by atoms with Crippen LogP contribution in [0.3, 0.4) is 0 Å². The summed E-state index contributed by atoms with van der Waals surface area (Å²) in [6.45, 7) is 2.57. The number of furan rings is 1. The lowest BCUT2D eigenvalue weighted by molar-refractivity contribution is 0.0996. The van der Waals surface area contributed by atoms with Crippen molar-refractivity contribution in [3.63, 3.8) is 0 Å². The van der Waals surface area contributed by atoms with Gasteiger partial charge in [-0.15, -0.1) is 0 Å². The minimum Gasteiger partial charge on any atom is -0.507 e. The second-order valence-electron chi connectivity index (χ2n) is 7.39. The maximum Gasteiger partial charge on any atom is 0.342 e. The van der Waals surface area contributed by atoms with Crippen LogP contribution in [0.5, 0.6) is 5.75 Å². The highest BCUT2D eigenvalue weighted by Gasteiger charge is 2.27. The van der Waals surface area contributed by atoms with Crippen molar-refractivity contribution in [1.29, 1.82) is 0 Å². The smallest absolute Gasteiger partial charge is 0.342 e. The van der Waals surface area contributed by atoms with E-state index < -0.39 is 5.91 Å². The van der Waals surface area contributed by atoms with Crippen LogP contribution in [0, 0.1) is 0 Å². The molecule has 0 saturated heterocycles. The molecule has 0 spiro atoms. The highest BCUT2D eigenvalue weighted by molar-refractivity contribution is 6.02. The SMILES string of the molecule is CCCNC(=O)n1nc(-c2ccc(NC(=O)c3ccco3)cc2O)cc1C1CCC1. The van der Waals surface area contributed by atoms with E-state index in [0.29, 0.717) is 29.4 Å². The normalized spacial score (nSPS) is 13.6. The first kappa shape index (κ1) is 19.8. The van der Waals surface area contributed by atoms with Gasteiger partial charge in [0.1, 0.15) is 5.75 Å². The number of amides is 2. The van der Waals surface area contributed by atoms with Crippen molar-refractivity contribution in [2.24, 2.45) is 0 Å². The number of carbonyl (C=O) groups excluding carboxylic acids is 2. The molecule has 0 bridgehead atoms. The van der Waals surface area contributed by atoms with Gasteiger partial charge >= 0.3 is 6.03 Å². The highest BCUT2D eigenvalue weighted by Crippen LogP contribution is 2.39. The molecule has 4 rings (SSSR count). The molecule has 2 aromatic heterocycles. The highest BCUT2D eigenvalue weighted by atomic mass is 16.3. The average Bonchev–Trinajstić information content (AvgIpc) is 3.35. The van der Waals surface area contributed by atoms with E-state index in [1.165, 1.54) is 17.0 Å². The molecule has 3 aromatic rings. The summed E-state index contributed by atoms with van der Waals surface area (Å²) in [4.78, 5) is 24.7. The number of hydrogen-bond donors (Lipinski definition) is 3. The lowest BCUT2D eigenvalue weighted by Crippen LogP contribution is -2.32. The lowest BCUT2D eigenvalue weighted by Gasteiger charge is -2.25. The van der Waals surface area contributed by atoms with Gasteiger partial charge in [-0.2, -0.15) is 9.78 Å². The van der Waals surface area contributed by atoms with Gasteiger partial charge in [0.25, 0.3) is 5.91 Å². The molecule has 1 aromatic carbocycles. The molecule has 8 heteroatoms. The Morgan fingerprint density at radius 1 is 1.27 bits per heavy atom. The minimum absolute atomic E-state index is 0.0361. The summed E-state index contributed by atoms with van der Waals surface area (Å²) in [5, 5.41) is 20.6. The number of carbonyl (C=O) groups is 2. The zero-order chi connectivity index (χ0) is 21.1. The van der Waals surface area contributed by atoms with E-state index in [9.17, 15) is 14.7 Å². The summed E-state index contributed by atoms with van der Waals surface area (Å²) >= 11 is 0. The lowest BCUT2D eigenvalue weighted by atomic mass is 9.82. The van der Waals surface area contributed by atoms with E-state index >= 15 is 0 Å². The Bertz CT molecular complexity index is 1050.